The lowest BCUT2D eigenvalue weighted by molar-refractivity contribution is -0.174. The first-order valence-corrected chi connectivity index (χ1v) is 4.91. The van der Waals surface area contributed by atoms with Gasteiger partial charge in [0.25, 0.3) is 0 Å². The van der Waals surface area contributed by atoms with Crippen molar-refractivity contribution in [3.05, 3.63) is 0 Å². The highest BCUT2D eigenvalue weighted by Crippen LogP contribution is 2.41. The summed E-state index contributed by atoms with van der Waals surface area (Å²) in [4.78, 5) is 17.2. The predicted molar refractivity (Wildman–Crippen MR) is 43.6 cm³/mol. The molecule has 0 saturated carbocycles. The number of esters is 1. The molecule has 72 valence electrons. The highest BCUT2D eigenvalue weighted by Gasteiger charge is 2.56. The van der Waals surface area contributed by atoms with Crippen LogP contribution in [0.2, 0.25) is 0 Å². The van der Waals surface area contributed by atoms with Gasteiger partial charge in [-0.3, -0.25) is 9.63 Å². The van der Waals surface area contributed by atoms with Crippen LogP contribution < -0.4 is 0 Å². The molecular formula is C9H13NO3. The number of carbonyl (C=O) groups excluding carboxylic acids is 1. The maximum atomic E-state index is 11.5. The average Bonchev–Trinajstić information content (AvgIpc) is 2.63. The van der Waals surface area contributed by atoms with Crippen LogP contribution >= 0.6 is 0 Å². The zero-order valence-corrected chi connectivity index (χ0v) is 7.60. The summed E-state index contributed by atoms with van der Waals surface area (Å²) in [5.41, 5.74) is 0. The maximum Gasteiger partial charge on any atom is 0.313 e. The van der Waals surface area contributed by atoms with Crippen LogP contribution in [0.3, 0.4) is 0 Å². The van der Waals surface area contributed by atoms with E-state index in [9.17, 15) is 4.79 Å². The monoisotopic (exact) mass is 183 g/mol. The summed E-state index contributed by atoms with van der Waals surface area (Å²) < 4.78 is 5.15. The van der Waals surface area contributed by atoms with E-state index in [0.717, 1.165) is 19.4 Å². The second kappa shape index (κ2) is 2.45. The van der Waals surface area contributed by atoms with E-state index in [1.807, 2.05) is 12.0 Å². The Labute approximate surface area is 76.7 Å². The lowest BCUT2D eigenvalue weighted by Crippen LogP contribution is -2.29. The second-order valence-electron chi connectivity index (χ2n) is 4.09. The molecule has 0 aromatic heterocycles. The molecule has 0 bridgehead atoms. The number of carbonyl (C=O) groups is 1. The molecule has 4 nitrogen and oxygen atoms in total. The Balaban J connectivity index is 1.90. The van der Waals surface area contributed by atoms with Gasteiger partial charge in [-0.15, -0.1) is 0 Å². The van der Waals surface area contributed by atoms with E-state index >= 15 is 0 Å². The van der Waals surface area contributed by atoms with E-state index < -0.39 is 0 Å². The summed E-state index contributed by atoms with van der Waals surface area (Å²) in [7, 11) is 0. The number of fused-ring (bicyclic) bond motifs is 3. The minimum atomic E-state index is -0.0666. The SMILES string of the molecule is C[C@H]1OC(=O)[C@@H]2[C@H]1ON1CCC[C@H]21. The number of hydrogen-bond acceptors (Lipinski definition) is 4. The fourth-order valence-corrected chi connectivity index (χ4v) is 2.69. The Morgan fingerprint density at radius 1 is 1.54 bits per heavy atom. The average molecular weight is 183 g/mol. The van der Waals surface area contributed by atoms with Gasteiger partial charge in [0.1, 0.15) is 18.1 Å². The highest BCUT2D eigenvalue weighted by molar-refractivity contribution is 5.77. The molecule has 3 fully saturated rings. The molecule has 3 saturated heterocycles. The van der Waals surface area contributed by atoms with Gasteiger partial charge in [0.2, 0.25) is 0 Å². The summed E-state index contributed by atoms with van der Waals surface area (Å²) in [5.74, 6) is -0.0793. The molecule has 3 rings (SSSR count). The molecule has 0 radical (unpaired) electrons. The molecule has 0 aromatic rings. The van der Waals surface area contributed by atoms with Crippen molar-refractivity contribution in [2.24, 2.45) is 5.92 Å². The number of hydrogen-bond donors (Lipinski definition) is 0. The molecule has 0 aromatic carbocycles. The molecule has 0 unspecified atom stereocenters. The first-order valence-electron chi connectivity index (χ1n) is 4.91. The van der Waals surface area contributed by atoms with Gasteiger partial charge in [0, 0.05) is 6.54 Å². The van der Waals surface area contributed by atoms with E-state index in [2.05, 4.69) is 0 Å². The zero-order valence-electron chi connectivity index (χ0n) is 7.60. The van der Waals surface area contributed by atoms with E-state index in [-0.39, 0.29) is 24.1 Å². The van der Waals surface area contributed by atoms with Gasteiger partial charge < -0.3 is 4.74 Å². The lowest BCUT2D eigenvalue weighted by atomic mass is 9.94. The number of ether oxygens (including phenoxy) is 1. The largest absolute Gasteiger partial charge is 0.459 e. The highest BCUT2D eigenvalue weighted by atomic mass is 16.7. The van der Waals surface area contributed by atoms with Crippen LogP contribution in [0.25, 0.3) is 0 Å². The summed E-state index contributed by atoms with van der Waals surface area (Å²) in [6, 6.07) is 0.294. The zero-order chi connectivity index (χ0) is 9.00. The van der Waals surface area contributed by atoms with E-state index in [4.69, 9.17) is 9.57 Å². The Hall–Kier alpha value is -0.610. The Morgan fingerprint density at radius 2 is 2.38 bits per heavy atom. The number of hydroxylamine groups is 2. The fraction of sp³-hybridized carbons (Fsp3) is 0.889. The van der Waals surface area contributed by atoms with E-state index in [0.29, 0.717) is 6.04 Å². The van der Waals surface area contributed by atoms with Crippen molar-refractivity contribution < 1.29 is 14.4 Å². The molecule has 0 amide bonds. The normalized spacial score (nSPS) is 49.2. The van der Waals surface area contributed by atoms with Gasteiger partial charge in [0.15, 0.2) is 0 Å². The molecule has 3 aliphatic heterocycles. The Kier molecular flexibility index (Phi) is 1.46. The van der Waals surface area contributed by atoms with Gasteiger partial charge in [-0.1, -0.05) is 0 Å². The number of cyclic esters (lactones) is 1. The van der Waals surface area contributed by atoms with Crippen molar-refractivity contribution in [1.29, 1.82) is 0 Å². The van der Waals surface area contributed by atoms with Crippen molar-refractivity contribution in [2.45, 2.75) is 38.0 Å². The minimum absolute atomic E-state index is 0.0159. The summed E-state index contributed by atoms with van der Waals surface area (Å²) in [6.07, 6.45) is 2.12. The molecule has 13 heavy (non-hydrogen) atoms. The summed E-state index contributed by atoms with van der Waals surface area (Å²) >= 11 is 0. The maximum absolute atomic E-state index is 11.5. The standard InChI is InChI=1S/C9H13NO3/c1-5-8-7(9(11)12-5)6-3-2-4-10(6)13-8/h5-8H,2-4H2,1H3/t5-,6-,7+,8+/m1/s1. The molecule has 0 N–H and O–H groups in total. The second-order valence-corrected chi connectivity index (χ2v) is 4.09. The molecule has 4 heteroatoms. The minimum Gasteiger partial charge on any atom is -0.459 e. The van der Waals surface area contributed by atoms with Crippen molar-refractivity contribution in [3.8, 4) is 0 Å². The van der Waals surface area contributed by atoms with Crippen LogP contribution in [0, 0.1) is 5.92 Å². The lowest BCUT2D eigenvalue weighted by Gasteiger charge is -2.16. The predicted octanol–water partition coefficient (Wildman–Crippen LogP) is 0.326. The van der Waals surface area contributed by atoms with Crippen LogP contribution in [-0.4, -0.2) is 35.8 Å². The van der Waals surface area contributed by atoms with Crippen molar-refractivity contribution >= 4 is 5.97 Å². The third kappa shape index (κ3) is 0.901. The van der Waals surface area contributed by atoms with Crippen LogP contribution in [0.4, 0.5) is 0 Å². The molecule has 4 atom stereocenters. The molecule has 3 aliphatic rings. The topological polar surface area (TPSA) is 38.8 Å². The number of rotatable bonds is 0. The van der Waals surface area contributed by atoms with Gasteiger partial charge in [0.05, 0.1) is 6.04 Å². The van der Waals surface area contributed by atoms with Crippen LogP contribution in [-0.2, 0) is 14.4 Å². The molecular weight excluding hydrogens is 170 g/mol. The van der Waals surface area contributed by atoms with Crippen molar-refractivity contribution in [2.75, 3.05) is 6.54 Å². The fourth-order valence-electron chi connectivity index (χ4n) is 2.69. The Morgan fingerprint density at radius 3 is 3.23 bits per heavy atom. The Bertz CT molecular complexity index is 253. The van der Waals surface area contributed by atoms with Crippen LogP contribution in [0.15, 0.2) is 0 Å². The molecule has 0 spiro atoms. The van der Waals surface area contributed by atoms with E-state index in [1.54, 1.807) is 0 Å². The van der Waals surface area contributed by atoms with E-state index in [1.165, 1.54) is 0 Å². The van der Waals surface area contributed by atoms with Gasteiger partial charge in [-0.05, 0) is 19.8 Å². The smallest absolute Gasteiger partial charge is 0.313 e. The van der Waals surface area contributed by atoms with Crippen LogP contribution in [0.5, 0.6) is 0 Å². The quantitative estimate of drug-likeness (QED) is 0.507. The van der Waals surface area contributed by atoms with Gasteiger partial charge >= 0.3 is 5.97 Å². The van der Waals surface area contributed by atoms with Crippen molar-refractivity contribution in [3.63, 3.8) is 0 Å². The number of nitrogens with zero attached hydrogens (tertiary/aromatic N) is 1. The first-order chi connectivity index (χ1) is 6.27. The van der Waals surface area contributed by atoms with Crippen LogP contribution in [0.1, 0.15) is 19.8 Å². The van der Waals surface area contributed by atoms with Gasteiger partial charge in [-0.25, -0.2) is 0 Å². The summed E-state index contributed by atoms with van der Waals surface area (Å²) in [6.45, 7) is 2.88. The van der Waals surface area contributed by atoms with Gasteiger partial charge in [-0.2, -0.15) is 5.06 Å². The molecule has 3 heterocycles. The van der Waals surface area contributed by atoms with Crippen molar-refractivity contribution in [1.82, 2.24) is 5.06 Å². The summed E-state index contributed by atoms with van der Waals surface area (Å²) in [5, 5.41) is 1.98. The first kappa shape index (κ1) is 7.76. The third-order valence-corrected chi connectivity index (χ3v) is 3.31. The molecule has 0 aliphatic carbocycles. The third-order valence-electron chi connectivity index (χ3n) is 3.31.